The van der Waals surface area contributed by atoms with Gasteiger partial charge in [0.25, 0.3) is 0 Å². The average molecular weight is 415 g/mol. The molecule has 0 spiro atoms. The molecule has 0 atom stereocenters. The lowest BCUT2D eigenvalue weighted by Gasteiger charge is -2.05. The van der Waals surface area contributed by atoms with Crippen molar-refractivity contribution < 1.29 is 13.6 Å². The Kier molecular flexibility index (Phi) is 5.14. The minimum absolute atomic E-state index is 0.289. The summed E-state index contributed by atoms with van der Waals surface area (Å²) in [6, 6.07) is 12.7. The van der Waals surface area contributed by atoms with E-state index in [0.29, 0.717) is 32.9 Å². The second-order valence-corrected chi connectivity index (χ2v) is 6.68. The van der Waals surface area contributed by atoms with Crippen LogP contribution in [0.3, 0.4) is 0 Å². The second-order valence-electron chi connectivity index (χ2n) is 5.89. The number of ether oxygens (including phenoxy) is 1. The lowest BCUT2D eigenvalue weighted by molar-refractivity contribution is 0.269. The first-order chi connectivity index (χ1) is 13.6. The zero-order valence-corrected chi connectivity index (χ0v) is 16.3. The lowest BCUT2D eigenvalue weighted by atomic mass is 10.2. The van der Waals surface area contributed by atoms with Crippen molar-refractivity contribution in [3.05, 3.63) is 75.6 Å². The van der Waals surface area contributed by atoms with Gasteiger partial charge in [-0.2, -0.15) is 9.78 Å². The molecule has 0 radical (unpaired) electrons. The van der Waals surface area contributed by atoms with Crippen molar-refractivity contribution in [1.82, 2.24) is 14.9 Å². The monoisotopic (exact) mass is 414 g/mol. The molecule has 0 saturated heterocycles. The number of halogens is 1. The highest BCUT2D eigenvalue weighted by molar-refractivity contribution is 7.71. The molecule has 3 aromatic heterocycles. The van der Waals surface area contributed by atoms with Crippen LogP contribution in [-0.2, 0) is 6.61 Å². The zero-order valence-electron chi connectivity index (χ0n) is 14.8. The van der Waals surface area contributed by atoms with Crippen LogP contribution in [0, 0.1) is 11.7 Å². The molecule has 7 nitrogen and oxygen atoms in total. The molecule has 142 valence electrons. The first kappa shape index (κ1) is 18.3. The van der Waals surface area contributed by atoms with Crippen molar-refractivity contribution in [3.8, 4) is 17.3 Å². The van der Waals surface area contributed by atoms with Crippen LogP contribution in [0.15, 0.2) is 62.7 Å². The van der Waals surface area contributed by atoms with Crippen molar-refractivity contribution >= 4 is 30.0 Å². The first-order valence-corrected chi connectivity index (χ1v) is 9.12. The Morgan fingerprint density at radius 1 is 1.32 bits per heavy atom. The molecule has 9 heteroatoms. The van der Waals surface area contributed by atoms with Crippen LogP contribution in [0.4, 0.5) is 0 Å². The summed E-state index contributed by atoms with van der Waals surface area (Å²) in [5.74, 6) is 2.97. The molecule has 0 aliphatic heterocycles. The van der Waals surface area contributed by atoms with E-state index in [1.54, 1.807) is 36.7 Å². The molecular formula is C19H15ClN4O3S. The highest BCUT2D eigenvalue weighted by Crippen LogP contribution is 2.22. The van der Waals surface area contributed by atoms with Gasteiger partial charge in [0.05, 0.1) is 12.5 Å². The molecule has 1 aromatic carbocycles. The van der Waals surface area contributed by atoms with Crippen molar-refractivity contribution in [2.24, 2.45) is 5.10 Å². The summed E-state index contributed by atoms with van der Waals surface area (Å²) in [5.41, 5.74) is 0.954. The predicted octanol–water partition coefficient (Wildman–Crippen LogP) is 5.22. The molecule has 4 aromatic rings. The van der Waals surface area contributed by atoms with Gasteiger partial charge >= 0.3 is 0 Å². The minimum Gasteiger partial charge on any atom is -0.486 e. The summed E-state index contributed by atoms with van der Waals surface area (Å²) in [6.45, 7) is 2.21. The molecule has 28 heavy (non-hydrogen) atoms. The molecule has 0 aliphatic carbocycles. The van der Waals surface area contributed by atoms with E-state index >= 15 is 0 Å². The maximum Gasteiger partial charge on any atom is 0.219 e. The second kappa shape index (κ2) is 7.87. The summed E-state index contributed by atoms with van der Waals surface area (Å²) in [6.07, 6.45) is 3.11. The van der Waals surface area contributed by atoms with Gasteiger partial charge in [0.15, 0.2) is 5.76 Å². The summed E-state index contributed by atoms with van der Waals surface area (Å²) < 4.78 is 18.6. The topological polar surface area (TPSA) is 81.5 Å². The van der Waals surface area contributed by atoms with Gasteiger partial charge in [0.2, 0.25) is 10.6 Å². The van der Waals surface area contributed by atoms with E-state index < -0.39 is 0 Å². The first-order valence-electron chi connectivity index (χ1n) is 8.33. The SMILES string of the molecule is Cc1cc(OCc2ccc(/C=N/n3c(-c4ccco4)n[nH]c3=S)o2)ccc1Cl. The standard InChI is InChI=1S/C19H15ClN4O3S/c1-12-9-13(6-7-16(12)20)26-11-15-5-4-14(27-15)10-21-24-18(22-23-19(24)28)17-3-2-8-25-17/h2-10H,11H2,1H3,(H,23,28)/b21-10+. The van der Waals surface area contributed by atoms with Crippen LogP contribution in [0.2, 0.25) is 5.02 Å². The van der Waals surface area contributed by atoms with Crippen molar-refractivity contribution in [2.45, 2.75) is 13.5 Å². The smallest absolute Gasteiger partial charge is 0.219 e. The molecule has 0 aliphatic rings. The van der Waals surface area contributed by atoms with Gasteiger partial charge in [0, 0.05) is 5.02 Å². The fourth-order valence-corrected chi connectivity index (χ4v) is 2.78. The Hall–Kier alpha value is -3.10. The number of nitrogens with zero attached hydrogens (tertiary/aromatic N) is 3. The van der Waals surface area contributed by atoms with Crippen molar-refractivity contribution in [2.75, 3.05) is 0 Å². The Balaban J connectivity index is 1.46. The number of aryl methyl sites for hydroxylation is 1. The number of benzene rings is 1. The fraction of sp³-hybridized carbons (Fsp3) is 0.105. The molecule has 1 N–H and O–H groups in total. The number of aromatic nitrogens is 3. The van der Waals surface area contributed by atoms with Crippen molar-refractivity contribution in [3.63, 3.8) is 0 Å². The van der Waals surface area contributed by atoms with E-state index in [1.165, 1.54) is 4.68 Å². The van der Waals surface area contributed by atoms with E-state index in [1.807, 2.05) is 25.1 Å². The zero-order chi connectivity index (χ0) is 19.5. The summed E-state index contributed by atoms with van der Waals surface area (Å²) in [5, 5.41) is 11.9. The lowest BCUT2D eigenvalue weighted by Crippen LogP contribution is -1.95. The normalized spacial score (nSPS) is 11.4. The number of hydrogen-bond donors (Lipinski definition) is 1. The third-order valence-corrected chi connectivity index (χ3v) is 4.57. The third-order valence-electron chi connectivity index (χ3n) is 3.89. The quantitative estimate of drug-likeness (QED) is 0.345. The summed E-state index contributed by atoms with van der Waals surface area (Å²) in [7, 11) is 0. The van der Waals surface area contributed by atoms with Gasteiger partial charge in [-0.05, 0) is 67.2 Å². The molecule has 0 fully saturated rings. The van der Waals surface area contributed by atoms with Crippen LogP contribution in [0.25, 0.3) is 11.6 Å². The van der Waals surface area contributed by atoms with Gasteiger partial charge in [-0.3, -0.25) is 0 Å². The average Bonchev–Trinajstić information content (AvgIpc) is 3.42. The van der Waals surface area contributed by atoms with Crippen molar-refractivity contribution in [1.29, 1.82) is 0 Å². The van der Waals surface area contributed by atoms with E-state index in [9.17, 15) is 0 Å². The van der Waals surface area contributed by atoms with Gasteiger partial charge in [-0.25, -0.2) is 5.10 Å². The molecule has 0 bridgehead atoms. The van der Waals surface area contributed by atoms with E-state index in [2.05, 4.69) is 15.3 Å². The number of H-pyrrole nitrogens is 1. The number of nitrogens with one attached hydrogen (secondary N) is 1. The van der Waals surface area contributed by atoms with Crippen LogP contribution >= 0.6 is 23.8 Å². The summed E-state index contributed by atoms with van der Waals surface area (Å²) in [4.78, 5) is 0. The maximum absolute atomic E-state index is 6.02. The molecule has 4 rings (SSSR count). The molecular weight excluding hydrogens is 400 g/mol. The van der Waals surface area contributed by atoms with E-state index in [4.69, 9.17) is 37.4 Å². The third kappa shape index (κ3) is 3.92. The van der Waals surface area contributed by atoms with Gasteiger partial charge < -0.3 is 13.6 Å². The Morgan fingerprint density at radius 3 is 3.00 bits per heavy atom. The fourth-order valence-electron chi connectivity index (χ4n) is 2.48. The van der Waals surface area contributed by atoms with Crippen LogP contribution in [0.1, 0.15) is 17.1 Å². The van der Waals surface area contributed by atoms with E-state index in [-0.39, 0.29) is 6.61 Å². The van der Waals surface area contributed by atoms with Crippen LogP contribution in [0.5, 0.6) is 5.75 Å². The number of hydrogen-bond acceptors (Lipinski definition) is 6. The Morgan fingerprint density at radius 2 is 2.21 bits per heavy atom. The van der Waals surface area contributed by atoms with Crippen LogP contribution in [-0.4, -0.2) is 21.1 Å². The predicted molar refractivity (Wildman–Crippen MR) is 107 cm³/mol. The van der Waals surface area contributed by atoms with Gasteiger partial charge in [0.1, 0.15) is 23.9 Å². The largest absolute Gasteiger partial charge is 0.486 e. The summed E-state index contributed by atoms with van der Waals surface area (Å²) >= 11 is 11.2. The minimum atomic E-state index is 0.289. The molecule has 0 saturated carbocycles. The Labute approximate surface area is 170 Å². The highest BCUT2D eigenvalue weighted by Gasteiger charge is 2.10. The molecule has 0 amide bonds. The van der Waals surface area contributed by atoms with Gasteiger partial charge in [-0.1, -0.05) is 11.6 Å². The van der Waals surface area contributed by atoms with E-state index in [0.717, 1.165) is 11.3 Å². The highest BCUT2D eigenvalue weighted by atomic mass is 35.5. The molecule has 3 heterocycles. The number of rotatable bonds is 6. The molecule has 0 unspecified atom stereocenters. The maximum atomic E-state index is 6.02. The van der Waals surface area contributed by atoms with Gasteiger partial charge in [-0.15, -0.1) is 5.10 Å². The number of aromatic amines is 1. The van der Waals surface area contributed by atoms with Crippen LogP contribution < -0.4 is 4.74 Å². The Bertz CT molecular complexity index is 1170. The number of furan rings is 2.